The molecule has 1 aromatic heterocycles. The van der Waals surface area contributed by atoms with Gasteiger partial charge in [-0.2, -0.15) is 10.2 Å². The zero-order valence-electron chi connectivity index (χ0n) is 11.0. The molecule has 6 heteroatoms. The third kappa shape index (κ3) is 3.42. The van der Waals surface area contributed by atoms with Crippen LogP contribution in [0.3, 0.4) is 0 Å². The van der Waals surface area contributed by atoms with E-state index in [4.69, 9.17) is 5.26 Å². The van der Waals surface area contributed by atoms with Gasteiger partial charge in [-0.05, 0) is 30.7 Å². The minimum atomic E-state index is -0.531. The number of nitrogens with zero attached hydrogens (tertiary/aromatic N) is 3. The number of halogens is 1. The van der Waals surface area contributed by atoms with Crippen LogP contribution in [-0.2, 0) is 0 Å². The average molecular weight is 271 g/mol. The van der Waals surface area contributed by atoms with Crippen molar-refractivity contribution in [1.29, 1.82) is 5.26 Å². The van der Waals surface area contributed by atoms with Gasteiger partial charge in [-0.3, -0.25) is 0 Å². The largest absolute Gasteiger partial charge is 0.354 e. The lowest BCUT2D eigenvalue weighted by Crippen LogP contribution is -2.07. The van der Waals surface area contributed by atoms with E-state index in [0.717, 1.165) is 19.2 Å². The van der Waals surface area contributed by atoms with E-state index in [0.29, 0.717) is 17.2 Å². The molecular weight excluding hydrogens is 257 g/mol. The summed E-state index contributed by atoms with van der Waals surface area (Å²) >= 11 is 0. The highest BCUT2D eigenvalue weighted by molar-refractivity contribution is 5.58. The van der Waals surface area contributed by atoms with Gasteiger partial charge in [0, 0.05) is 12.2 Å². The van der Waals surface area contributed by atoms with Crippen LogP contribution >= 0.6 is 0 Å². The van der Waals surface area contributed by atoms with Crippen LogP contribution in [0, 0.1) is 17.1 Å². The van der Waals surface area contributed by atoms with Gasteiger partial charge in [-0.15, -0.1) is 0 Å². The molecule has 5 nitrogen and oxygen atoms in total. The molecule has 0 aliphatic rings. The highest BCUT2D eigenvalue weighted by Gasteiger charge is 2.07. The Hall–Kier alpha value is -2.68. The van der Waals surface area contributed by atoms with Gasteiger partial charge in [0.25, 0.3) is 0 Å². The average Bonchev–Trinajstić information content (AvgIpc) is 2.49. The summed E-state index contributed by atoms with van der Waals surface area (Å²) in [5, 5.41) is 14.6. The maximum absolute atomic E-state index is 13.7. The summed E-state index contributed by atoms with van der Waals surface area (Å²) in [6.07, 6.45) is 2.05. The highest BCUT2D eigenvalue weighted by atomic mass is 19.1. The fraction of sp³-hybridized carbons (Fsp3) is 0.214. The topological polar surface area (TPSA) is 73.6 Å². The van der Waals surface area contributed by atoms with Crippen LogP contribution in [0.2, 0.25) is 0 Å². The van der Waals surface area contributed by atoms with Crippen molar-refractivity contribution in [2.45, 2.75) is 13.3 Å². The molecule has 0 bridgehead atoms. The molecular formula is C14H14FN5. The zero-order chi connectivity index (χ0) is 14.4. The van der Waals surface area contributed by atoms with Crippen LogP contribution in [0.5, 0.6) is 0 Å². The molecule has 0 atom stereocenters. The minimum absolute atomic E-state index is 0.100. The Morgan fingerprint density at radius 2 is 2.05 bits per heavy atom. The first-order chi connectivity index (χ1) is 9.72. The van der Waals surface area contributed by atoms with Gasteiger partial charge in [-0.1, -0.05) is 6.92 Å². The Balaban J connectivity index is 2.16. The van der Waals surface area contributed by atoms with Gasteiger partial charge in [0.2, 0.25) is 5.95 Å². The van der Waals surface area contributed by atoms with Crippen LogP contribution < -0.4 is 10.6 Å². The number of nitrogens with one attached hydrogen (secondary N) is 2. The van der Waals surface area contributed by atoms with Crippen LogP contribution in [-0.4, -0.2) is 16.5 Å². The lowest BCUT2D eigenvalue weighted by atomic mass is 10.2. The molecule has 2 aromatic rings. The number of aromatic nitrogens is 2. The number of hydrogen-bond donors (Lipinski definition) is 2. The second-order valence-electron chi connectivity index (χ2n) is 4.13. The maximum atomic E-state index is 13.7. The van der Waals surface area contributed by atoms with E-state index in [-0.39, 0.29) is 5.82 Å². The number of nitriles is 1. The molecule has 0 saturated heterocycles. The predicted molar refractivity (Wildman–Crippen MR) is 75.2 cm³/mol. The number of benzene rings is 1. The molecule has 0 aliphatic heterocycles. The summed E-state index contributed by atoms with van der Waals surface area (Å²) in [6.45, 7) is 2.74. The Kier molecular flexibility index (Phi) is 4.45. The molecule has 1 aromatic carbocycles. The Bertz CT molecular complexity index is 618. The summed E-state index contributed by atoms with van der Waals surface area (Å²) in [5.74, 6) is -0.0517. The van der Waals surface area contributed by atoms with E-state index in [1.807, 2.05) is 13.0 Å². The Morgan fingerprint density at radius 3 is 2.70 bits per heavy atom. The predicted octanol–water partition coefficient (Wildman–Crippen LogP) is 3.05. The van der Waals surface area contributed by atoms with E-state index in [9.17, 15) is 4.39 Å². The molecule has 0 aliphatic carbocycles. The second-order valence-corrected chi connectivity index (χ2v) is 4.13. The van der Waals surface area contributed by atoms with Crippen molar-refractivity contribution in [2.75, 3.05) is 17.2 Å². The maximum Gasteiger partial charge on any atom is 0.224 e. The minimum Gasteiger partial charge on any atom is -0.354 e. The monoisotopic (exact) mass is 271 g/mol. The van der Waals surface area contributed by atoms with Crippen molar-refractivity contribution in [3.05, 3.63) is 41.8 Å². The Morgan fingerprint density at radius 1 is 1.30 bits per heavy atom. The van der Waals surface area contributed by atoms with Gasteiger partial charge in [-0.25, -0.2) is 9.37 Å². The van der Waals surface area contributed by atoms with Crippen LogP contribution in [0.4, 0.5) is 21.8 Å². The van der Waals surface area contributed by atoms with Crippen molar-refractivity contribution in [3.8, 4) is 6.07 Å². The molecule has 0 amide bonds. The fourth-order valence-corrected chi connectivity index (χ4v) is 1.54. The van der Waals surface area contributed by atoms with Crippen molar-refractivity contribution in [2.24, 2.45) is 0 Å². The molecule has 20 heavy (non-hydrogen) atoms. The number of hydrogen-bond acceptors (Lipinski definition) is 5. The Labute approximate surface area is 116 Å². The SMILES string of the molecule is CCCNc1ncc(F)c(Nc2ccc(C#N)cc2)n1. The smallest absolute Gasteiger partial charge is 0.224 e. The van der Waals surface area contributed by atoms with Crippen molar-refractivity contribution in [3.63, 3.8) is 0 Å². The van der Waals surface area contributed by atoms with Crippen LogP contribution in [0.15, 0.2) is 30.5 Å². The number of anilines is 3. The summed E-state index contributed by atoms with van der Waals surface area (Å²) in [7, 11) is 0. The third-order valence-corrected chi connectivity index (χ3v) is 2.55. The second kappa shape index (κ2) is 6.48. The lowest BCUT2D eigenvalue weighted by Gasteiger charge is -2.09. The van der Waals surface area contributed by atoms with Crippen molar-refractivity contribution < 1.29 is 4.39 Å². The van der Waals surface area contributed by atoms with E-state index >= 15 is 0 Å². The molecule has 0 spiro atoms. The summed E-state index contributed by atoms with van der Waals surface area (Å²) in [5.41, 5.74) is 1.20. The van der Waals surface area contributed by atoms with Crippen molar-refractivity contribution >= 4 is 17.5 Å². The standard InChI is InChI=1S/C14H14FN5/c1-2-7-17-14-18-9-12(15)13(20-14)19-11-5-3-10(8-16)4-6-11/h3-6,9H,2,7H2,1H3,(H2,17,18,19,20). The molecule has 0 fully saturated rings. The van der Waals surface area contributed by atoms with Gasteiger partial charge in [0.1, 0.15) is 0 Å². The van der Waals surface area contributed by atoms with Crippen molar-refractivity contribution in [1.82, 2.24) is 9.97 Å². The molecule has 2 rings (SSSR count). The van der Waals surface area contributed by atoms with E-state index < -0.39 is 5.82 Å². The molecule has 1 heterocycles. The number of rotatable bonds is 5. The first-order valence-electron chi connectivity index (χ1n) is 6.26. The van der Waals surface area contributed by atoms with Gasteiger partial charge < -0.3 is 10.6 Å². The summed E-state index contributed by atoms with van der Waals surface area (Å²) in [4.78, 5) is 7.94. The summed E-state index contributed by atoms with van der Waals surface area (Å²) in [6, 6.07) is 8.71. The first kappa shape index (κ1) is 13.7. The first-order valence-corrected chi connectivity index (χ1v) is 6.26. The van der Waals surface area contributed by atoms with Gasteiger partial charge in [0.05, 0.1) is 17.8 Å². The highest BCUT2D eigenvalue weighted by Crippen LogP contribution is 2.18. The van der Waals surface area contributed by atoms with E-state index in [1.165, 1.54) is 0 Å². The molecule has 0 unspecified atom stereocenters. The van der Waals surface area contributed by atoms with Gasteiger partial charge in [0.15, 0.2) is 11.6 Å². The summed E-state index contributed by atoms with van der Waals surface area (Å²) < 4.78 is 13.7. The molecule has 0 radical (unpaired) electrons. The third-order valence-electron chi connectivity index (χ3n) is 2.55. The van der Waals surface area contributed by atoms with Crippen LogP contribution in [0.25, 0.3) is 0 Å². The zero-order valence-corrected chi connectivity index (χ0v) is 11.0. The lowest BCUT2D eigenvalue weighted by molar-refractivity contribution is 0.619. The molecule has 2 N–H and O–H groups in total. The van der Waals surface area contributed by atoms with Crippen LogP contribution in [0.1, 0.15) is 18.9 Å². The molecule has 102 valence electrons. The quantitative estimate of drug-likeness (QED) is 0.874. The van der Waals surface area contributed by atoms with E-state index in [2.05, 4.69) is 20.6 Å². The fourth-order valence-electron chi connectivity index (χ4n) is 1.54. The molecule has 0 saturated carbocycles. The normalized spacial score (nSPS) is 9.85. The van der Waals surface area contributed by atoms with Gasteiger partial charge >= 0.3 is 0 Å². The van der Waals surface area contributed by atoms with E-state index in [1.54, 1.807) is 24.3 Å².